The minimum atomic E-state index is -0.652. The summed E-state index contributed by atoms with van der Waals surface area (Å²) in [6.45, 7) is 0. The average molecular weight is 330 g/mol. The molecule has 0 saturated heterocycles. The predicted molar refractivity (Wildman–Crippen MR) is 74.2 cm³/mol. The lowest BCUT2D eigenvalue weighted by atomic mass is 10.0. The van der Waals surface area contributed by atoms with E-state index in [-0.39, 0.29) is 5.82 Å². The first kappa shape index (κ1) is 13.5. The van der Waals surface area contributed by atoms with Gasteiger partial charge in [0, 0.05) is 11.4 Å². The van der Waals surface area contributed by atoms with Crippen molar-refractivity contribution in [1.29, 1.82) is 0 Å². The molecule has 0 aliphatic rings. The zero-order valence-corrected chi connectivity index (χ0v) is 11.7. The minimum Gasteiger partial charge on any atom is -0.388 e. The van der Waals surface area contributed by atoms with Gasteiger partial charge in [0.05, 0.1) is 10.6 Å². The molecule has 1 N–H and O–H groups in total. The van der Waals surface area contributed by atoms with Crippen molar-refractivity contribution in [2.45, 2.75) is 12.5 Å². The highest BCUT2D eigenvalue weighted by atomic mass is 79.9. The summed E-state index contributed by atoms with van der Waals surface area (Å²) in [5.74, 6) is -0.309. The second kappa shape index (κ2) is 5.83. The molecule has 1 nitrogen and oxygen atoms in total. The normalized spacial score (nSPS) is 12.4. The lowest BCUT2D eigenvalue weighted by Crippen LogP contribution is -2.02. The summed E-state index contributed by atoms with van der Waals surface area (Å²) in [6.07, 6.45) is -0.236. The SMILES string of the molecule is OC(Cc1ccc(F)c(Br)c1)c1cccc(Cl)c1. The van der Waals surface area contributed by atoms with Crippen LogP contribution in [0.15, 0.2) is 46.9 Å². The fourth-order valence-electron chi connectivity index (χ4n) is 1.72. The number of aliphatic hydroxyl groups is 1. The van der Waals surface area contributed by atoms with Gasteiger partial charge in [0.1, 0.15) is 5.82 Å². The van der Waals surface area contributed by atoms with Crippen molar-refractivity contribution in [3.63, 3.8) is 0 Å². The van der Waals surface area contributed by atoms with Crippen molar-refractivity contribution in [2.75, 3.05) is 0 Å². The minimum absolute atomic E-state index is 0.309. The number of rotatable bonds is 3. The van der Waals surface area contributed by atoms with Gasteiger partial charge < -0.3 is 5.11 Å². The Balaban J connectivity index is 2.16. The highest BCUT2D eigenvalue weighted by Crippen LogP contribution is 2.23. The molecule has 2 aromatic rings. The number of hydrogen-bond donors (Lipinski definition) is 1. The molecule has 94 valence electrons. The zero-order chi connectivity index (χ0) is 13.1. The van der Waals surface area contributed by atoms with E-state index in [0.29, 0.717) is 15.9 Å². The fraction of sp³-hybridized carbons (Fsp3) is 0.143. The van der Waals surface area contributed by atoms with Gasteiger partial charge in [-0.25, -0.2) is 4.39 Å². The van der Waals surface area contributed by atoms with Gasteiger partial charge in [-0.2, -0.15) is 0 Å². The van der Waals surface area contributed by atoms with Gasteiger partial charge in [0.25, 0.3) is 0 Å². The van der Waals surface area contributed by atoms with Crippen molar-refractivity contribution in [3.8, 4) is 0 Å². The molecule has 0 heterocycles. The third-order valence-electron chi connectivity index (χ3n) is 2.65. The molecular weight excluding hydrogens is 319 g/mol. The smallest absolute Gasteiger partial charge is 0.137 e. The first-order valence-corrected chi connectivity index (χ1v) is 6.61. The summed E-state index contributed by atoms with van der Waals surface area (Å²) < 4.78 is 13.5. The van der Waals surface area contributed by atoms with Crippen molar-refractivity contribution in [3.05, 3.63) is 68.9 Å². The molecule has 0 fully saturated rings. The first-order valence-electron chi connectivity index (χ1n) is 5.44. The second-order valence-corrected chi connectivity index (χ2v) is 5.31. The van der Waals surface area contributed by atoms with Crippen molar-refractivity contribution < 1.29 is 9.50 Å². The third kappa shape index (κ3) is 3.31. The molecule has 4 heteroatoms. The standard InChI is InChI=1S/C14H11BrClFO/c15-12-6-9(4-5-13(12)17)7-14(18)10-2-1-3-11(16)8-10/h1-6,8,14,18H,7H2. The Labute approximate surface area is 118 Å². The number of halogens is 3. The average Bonchev–Trinajstić information content (AvgIpc) is 2.34. The van der Waals surface area contributed by atoms with Gasteiger partial charge in [0.15, 0.2) is 0 Å². The maximum Gasteiger partial charge on any atom is 0.137 e. The summed E-state index contributed by atoms with van der Waals surface area (Å²) >= 11 is 9.00. The molecule has 0 bridgehead atoms. The van der Waals surface area contributed by atoms with E-state index in [9.17, 15) is 9.50 Å². The largest absolute Gasteiger partial charge is 0.388 e. The van der Waals surface area contributed by atoms with Crippen LogP contribution in [0, 0.1) is 5.82 Å². The van der Waals surface area contributed by atoms with Gasteiger partial charge in [0.2, 0.25) is 0 Å². The molecule has 18 heavy (non-hydrogen) atoms. The van der Waals surface area contributed by atoms with Gasteiger partial charge in [-0.05, 0) is 51.3 Å². The van der Waals surface area contributed by atoms with Gasteiger partial charge >= 0.3 is 0 Å². The van der Waals surface area contributed by atoms with Crippen LogP contribution >= 0.6 is 27.5 Å². The number of benzene rings is 2. The van der Waals surface area contributed by atoms with Gasteiger partial charge in [-0.1, -0.05) is 29.8 Å². The van der Waals surface area contributed by atoms with E-state index < -0.39 is 6.10 Å². The Morgan fingerprint density at radius 3 is 2.67 bits per heavy atom. The highest BCUT2D eigenvalue weighted by Gasteiger charge is 2.10. The van der Waals surface area contributed by atoms with E-state index in [1.54, 1.807) is 30.3 Å². The molecule has 1 unspecified atom stereocenters. The molecule has 0 aliphatic heterocycles. The van der Waals surface area contributed by atoms with Crippen LogP contribution in [0.1, 0.15) is 17.2 Å². The molecule has 2 rings (SSSR count). The van der Waals surface area contributed by atoms with Gasteiger partial charge in [-0.3, -0.25) is 0 Å². The van der Waals surface area contributed by atoms with E-state index >= 15 is 0 Å². The van der Waals surface area contributed by atoms with Crippen molar-refractivity contribution >= 4 is 27.5 Å². The van der Waals surface area contributed by atoms with Crippen molar-refractivity contribution in [2.24, 2.45) is 0 Å². The van der Waals surface area contributed by atoms with Crippen LogP contribution in [-0.2, 0) is 6.42 Å². The molecule has 0 aromatic heterocycles. The van der Waals surface area contributed by atoms with Gasteiger partial charge in [-0.15, -0.1) is 0 Å². The molecular formula is C14H11BrClFO. The lowest BCUT2D eigenvalue weighted by Gasteiger charge is -2.11. The topological polar surface area (TPSA) is 20.2 Å². The molecule has 1 atom stereocenters. The van der Waals surface area contributed by atoms with Crippen LogP contribution in [0.3, 0.4) is 0 Å². The van der Waals surface area contributed by atoms with Crippen LogP contribution < -0.4 is 0 Å². The summed E-state index contributed by atoms with van der Waals surface area (Å²) in [4.78, 5) is 0. The highest BCUT2D eigenvalue weighted by molar-refractivity contribution is 9.10. The van der Waals surface area contributed by atoms with Crippen LogP contribution in [0.4, 0.5) is 4.39 Å². The Morgan fingerprint density at radius 1 is 1.22 bits per heavy atom. The van der Waals surface area contributed by atoms with E-state index in [1.165, 1.54) is 6.07 Å². The Hall–Kier alpha value is -0.900. The van der Waals surface area contributed by atoms with Crippen LogP contribution in [0.25, 0.3) is 0 Å². The Morgan fingerprint density at radius 2 is 2.00 bits per heavy atom. The lowest BCUT2D eigenvalue weighted by molar-refractivity contribution is 0.178. The second-order valence-electron chi connectivity index (χ2n) is 4.02. The molecule has 0 saturated carbocycles. The third-order valence-corrected chi connectivity index (χ3v) is 3.49. The first-order chi connectivity index (χ1) is 8.56. The predicted octanol–water partition coefficient (Wildman–Crippen LogP) is 4.52. The number of hydrogen-bond acceptors (Lipinski definition) is 1. The number of aliphatic hydroxyl groups excluding tert-OH is 1. The monoisotopic (exact) mass is 328 g/mol. The Kier molecular flexibility index (Phi) is 4.38. The summed E-state index contributed by atoms with van der Waals surface area (Å²) in [5, 5.41) is 10.7. The quantitative estimate of drug-likeness (QED) is 0.878. The zero-order valence-electron chi connectivity index (χ0n) is 9.41. The molecule has 0 spiro atoms. The fourth-order valence-corrected chi connectivity index (χ4v) is 2.35. The molecule has 0 aliphatic carbocycles. The summed E-state index contributed by atoms with van der Waals surface area (Å²) in [6, 6.07) is 11.8. The van der Waals surface area contributed by atoms with Crippen LogP contribution in [-0.4, -0.2) is 5.11 Å². The van der Waals surface area contributed by atoms with E-state index in [0.717, 1.165) is 11.1 Å². The van der Waals surface area contributed by atoms with E-state index in [4.69, 9.17) is 11.6 Å². The van der Waals surface area contributed by atoms with Crippen LogP contribution in [0.2, 0.25) is 5.02 Å². The molecule has 0 amide bonds. The summed E-state index contributed by atoms with van der Waals surface area (Å²) in [7, 11) is 0. The maximum atomic E-state index is 13.1. The Bertz CT molecular complexity index is 559. The van der Waals surface area contributed by atoms with Crippen LogP contribution in [0.5, 0.6) is 0 Å². The molecule has 2 aromatic carbocycles. The summed E-state index contributed by atoms with van der Waals surface area (Å²) in [5.41, 5.74) is 1.61. The maximum absolute atomic E-state index is 13.1. The van der Waals surface area contributed by atoms with Crippen molar-refractivity contribution in [1.82, 2.24) is 0 Å². The molecule has 0 radical (unpaired) electrons. The van der Waals surface area contributed by atoms with E-state index in [1.807, 2.05) is 6.07 Å². The van der Waals surface area contributed by atoms with E-state index in [2.05, 4.69) is 15.9 Å².